The molecule has 0 bridgehead atoms. The standard InChI is InChI=1S/C23H24N4O/c1-16-4-10-21(11-5-16)26-17(2)12-19-6-8-20(9-7-19)13-22-14-23(25-15-24-22)27-18(3)28/h4-11,14-15,26H,2,12-13H2,1,3H3,(H,24,25,27,28). The largest absolute Gasteiger partial charge is 0.359 e. The number of carbonyl (C=O) groups is 1. The molecule has 0 unspecified atom stereocenters. The number of anilines is 2. The Balaban J connectivity index is 1.58. The molecule has 2 aromatic carbocycles. The van der Waals surface area contributed by atoms with Gasteiger partial charge in [-0.25, -0.2) is 9.97 Å². The molecule has 3 rings (SSSR count). The Morgan fingerprint density at radius 1 is 0.964 bits per heavy atom. The van der Waals surface area contributed by atoms with Crippen molar-refractivity contribution in [2.24, 2.45) is 0 Å². The van der Waals surface area contributed by atoms with Crippen molar-refractivity contribution in [3.05, 3.63) is 95.6 Å². The van der Waals surface area contributed by atoms with E-state index < -0.39 is 0 Å². The summed E-state index contributed by atoms with van der Waals surface area (Å²) in [5, 5.41) is 6.03. The summed E-state index contributed by atoms with van der Waals surface area (Å²) in [6.45, 7) is 7.66. The van der Waals surface area contributed by atoms with Crippen molar-refractivity contribution < 1.29 is 4.79 Å². The van der Waals surface area contributed by atoms with Gasteiger partial charge in [-0.2, -0.15) is 0 Å². The van der Waals surface area contributed by atoms with E-state index in [2.05, 4.69) is 82.6 Å². The Hall–Kier alpha value is -3.47. The second-order valence-corrected chi connectivity index (χ2v) is 6.84. The third-order valence-corrected chi connectivity index (χ3v) is 4.23. The van der Waals surface area contributed by atoms with Crippen LogP contribution < -0.4 is 10.6 Å². The molecular weight excluding hydrogens is 348 g/mol. The molecule has 28 heavy (non-hydrogen) atoms. The number of nitrogens with one attached hydrogen (secondary N) is 2. The van der Waals surface area contributed by atoms with Crippen molar-refractivity contribution in [3.63, 3.8) is 0 Å². The third kappa shape index (κ3) is 5.77. The highest BCUT2D eigenvalue weighted by atomic mass is 16.1. The highest BCUT2D eigenvalue weighted by molar-refractivity contribution is 5.87. The topological polar surface area (TPSA) is 66.9 Å². The van der Waals surface area contributed by atoms with Crippen LogP contribution in [0.4, 0.5) is 11.5 Å². The van der Waals surface area contributed by atoms with Gasteiger partial charge in [-0.3, -0.25) is 4.79 Å². The Kier molecular flexibility index (Phi) is 6.17. The average molecular weight is 372 g/mol. The van der Waals surface area contributed by atoms with Gasteiger partial charge in [-0.05, 0) is 30.2 Å². The van der Waals surface area contributed by atoms with Crippen LogP contribution in [0.1, 0.15) is 29.3 Å². The van der Waals surface area contributed by atoms with Gasteiger partial charge in [0, 0.05) is 37.2 Å². The van der Waals surface area contributed by atoms with Crippen molar-refractivity contribution in [2.45, 2.75) is 26.7 Å². The number of aryl methyl sites for hydroxylation is 1. The Bertz CT molecular complexity index is 963. The van der Waals surface area contributed by atoms with Crippen LogP contribution in [-0.4, -0.2) is 15.9 Å². The van der Waals surface area contributed by atoms with E-state index in [1.807, 2.05) is 0 Å². The summed E-state index contributed by atoms with van der Waals surface area (Å²) in [7, 11) is 0. The number of carbonyl (C=O) groups excluding carboxylic acids is 1. The van der Waals surface area contributed by atoms with Crippen LogP contribution in [0.25, 0.3) is 0 Å². The summed E-state index contributed by atoms with van der Waals surface area (Å²) in [6.07, 6.45) is 2.90. The molecule has 0 aliphatic heterocycles. The smallest absolute Gasteiger partial charge is 0.222 e. The molecule has 1 aromatic heterocycles. The maximum absolute atomic E-state index is 11.2. The van der Waals surface area contributed by atoms with E-state index in [1.54, 1.807) is 6.07 Å². The minimum absolute atomic E-state index is 0.145. The van der Waals surface area contributed by atoms with Gasteiger partial charge < -0.3 is 10.6 Å². The second kappa shape index (κ2) is 8.95. The fraction of sp³-hybridized carbons (Fsp3) is 0.174. The number of rotatable bonds is 7. The molecule has 0 aliphatic rings. The van der Waals surface area contributed by atoms with Crippen LogP contribution in [-0.2, 0) is 17.6 Å². The lowest BCUT2D eigenvalue weighted by atomic mass is 10.0. The van der Waals surface area contributed by atoms with Gasteiger partial charge >= 0.3 is 0 Å². The van der Waals surface area contributed by atoms with Crippen molar-refractivity contribution in [1.82, 2.24) is 9.97 Å². The second-order valence-electron chi connectivity index (χ2n) is 6.84. The minimum atomic E-state index is -0.145. The normalized spacial score (nSPS) is 10.4. The van der Waals surface area contributed by atoms with Crippen LogP contribution in [0.3, 0.4) is 0 Å². The molecule has 0 radical (unpaired) electrons. The maximum atomic E-state index is 11.2. The van der Waals surface area contributed by atoms with E-state index in [1.165, 1.54) is 24.4 Å². The first-order valence-corrected chi connectivity index (χ1v) is 9.16. The van der Waals surface area contributed by atoms with Crippen molar-refractivity contribution in [1.29, 1.82) is 0 Å². The van der Waals surface area contributed by atoms with Crippen LogP contribution in [0.2, 0.25) is 0 Å². The van der Waals surface area contributed by atoms with Crippen LogP contribution in [0, 0.1) is 6.92 Å². The minimum Gasteiger partial charge on any atom is -0.359 e. The summed E-state index contributed by atoms with van der Waals surface area (Å²) in [4.78, 5) is 19.5. The number of hydrogen-bond donors (Lipinski definition) is 2. The first-order valence-electron chi connectivity index (χ1n) is 9.16. The molecule has 5 heteroatoms. The van der Waals surface area contributed by atoms with E-state index in [0.29, 0.717) is 12.2 Å². The third-order valence-electron chi connectivity index (χ3n) is 4.23. The first-order chi connectivity index (χ1) is 13.5. The monoisotopic (exact) mass is 372 g/mol. The van der Waals surface area contributed by atoms with Gasteiger partial charge in [0.2, 0.25) is 5.91 Å². The lowest BCUT2D eigenvalue weighted by Crippen LogP contribution is -2.08. The van der Waals surface area contributed by atoms with Crippen molar-refractivity contribution in [2.75, 3.05) is 10.6 Å². The Labute approximate surface area is 165 Å². The SMILES string of the molecule is C=C(Cc1ccc(Cc2cc(NC(C)=O)ncn2)cc1)Nc1ccc(C)cc1. The van der Waals surface area contributed by atoms with Gasteiger partial charge in [0.05, 0.1) is 5.69 Å². The van der Waals surface area contributed by atoms with Crippen molar-refractivity contribution >= 4 is 17.4 Å². The lowest BCUT2D eigenvalue weighted by molar-refractivity contribution is -0.114. The number of benzene rings is 2. The summed E-state index contributed by atoms with van der Waals surface area (Å²) in [6, 6.07) is 18.5. The molecule has 0 aliphatic carbocycles. The van der Waals surface area contributed by atoms with Gasteiger partial charge in [0.15, 0.2) is 0 Å². The Morgan fingerprint density at radius 2 is 1.64 bits per heavy atom. The molecule has 0 spiro atoms. The quantitative estimate of drug-likeness (QED) is 0.641. The fourth-order valence-corrected chi connectivity index (χ4v) is 2.86. The average Bonchev–Trinajstić information content (AvgIpc) is 2.65. The number of hydrogen-bond acceptors (Lipinski definition) is 4. The molecule has 0 atom stereocenters. The van der Waals surface area contributed by atoms with Crippen LogP contribution >= 0.6 is 0 Å². The molecular formula is C23H24N4O. The van der Waals surface area contributed by atoms with E-state index in [9.17, 15) is 4.79 Å². The number of aromatic nitrogens is 2. The fourth-order valence-electron chi connectivity index (χ4n) is 2.86. The first kappa shape index (κ1) is 19.3. The molecule has 0 saturated heterocycles. The summed E-state index contributed by atoms with van der Waals surface area (Å²) >= 11 is 0. The molecule has 3 aromatic rings. The molecule has 2 N–H and O–H groups in total. The van der Waals surface area contributed by atoms with Gasteiger partial charge in [-0.15, -0.1) is 0 Å². The highest BCUT2D eigenvalue weighted by Crippen LogP contribution is 2.16. The Morgan fingerprint density at radius 3 is 2.32 bits per heavy atom. The number of nitrogens with zero attached hydrogens (tertiary/aromatic N) is 2. The molecule has 1 heterocycles. The molecule has 0 fully saturated rings. The summed E-state index contributed by atoms with van der Waals surface area (Å²) in [5.41, 5.74) is 6.43. The van der Waals surface area contributed by atoms with Gasteiger partial charge in [-0.1, -0.05) is 48.5 Å². The van der Waals surface area contributed by atoms with E-state index in [4.69, 9.17) is 0 Å². The molecule has 5 nitrogen and oxygen atoms in total. The van der Waals surface area contributed by atoms with Crippen LogP contribution in [0.5, 0.6) is 0 Å². The molecule has 142 valence electrons. The zero-order chi connectivity index (χ0) is 19.9. The molecule has 1 amide bonds. The predicted molar refractivity (Wildman–Crippen MR) is 113 cm³/mol. The van der Waals surface area contributed by atoms with Crippen LogP contribution in [0.15, 0.2) is 73.2 Å². The van der Waals surface area contributed by atoms with E-state index in [0.717, 1.165) is 29.1 Å². The van der Waals surface area contributed by atoms with E-state index >= 15 is 0 Å². The summed E-state index contributed by atoms with van der Waals surface area (Å²) in [5.74, 6) is 0.376. The lowest BCUT2D eigenvalue weighted by Gasteiger charge is -2.11. The maximum Gasteiger partial charge on any atom is 0.222 e. The zero-order valence-corrected chi connectivity index (χ0v) is 16.2. The van der Waals surface area contributed by atoms with E-state index in [-0.39, 0.29) is 5.91 Å². The number of allylic oxidation sites excluding steroid dienone is 1. The summed E-state index contributed by atoms with van der Waals surface area (Å²) < 4.78 is 0. The predicted octanol–water partition coefficient (Wildman–Crippen LogP) is 4.50. The van der Waals surface area contributed by atoms with Gasteiger partial charge in [0.25, 0.3) is 0 Å². The highest BCUT2D eigenvalue weighted by Gasteiger charge is 2.04. The van der Waals surface area contributed by atoms with Crippen molar-refractivity contribution in [3.8, 4) is 0 Å². The molecule has 0 saturated carbocycles. The zero-order valence-electron chi connectivity index (χ0n) is 16.2. The number of amides is 1. The van der Waals surface area contributed by atoms with Gasteiger partial charge in [0.1, 0.15) is 12.1 Å².